The normalized spacial score (nSPS) is 10.6. The van der Waals surface area contributed by atoms with E-state index in [0.717, 1.165) is 17.1 Å². The van der Waals surface area contributed by atoms with Gasteiger partial charge in [-0.1, -0.05) is 30.0 Å². The Bertz CT molecular complexity index is 1050. The molecule has 30 heavy (non-hydrogen) atoms. The molecule has 154 valence electrons. The number of benzene rings is 1. The number of aryl methyl sites for hydroxylation is 3. The Labute approximate surface area is 179 Å². The van der Waals surface area contributed by atoms with Gasteiger partial charge in [-0.2, -0.15) is 10.4 Å². The Kier molecular flexibility index (Phi) is 7.03. The number of anilines is 1. The van der Waals surface area contributed by atoms with Crippen molar-refractivity contribution in [3.05, 3.63) is 59.0 Å². The summed E-state index contributed by atoms with van der Waals surface area (Å²) in [5.74, 6) is 0.493. The van der Waals surface area contributed by atoms with Gasteiger partial charge in [0.2, 0.25) is 5.91 Å². The molecule has 0 bridgehead atoms. The van der Waals surface area contributed by atoms with E-state index in [1.165, 1.54) is 11.8 Å². The van der Waals surface area contributed by atoms with Gasteiger partial charge in [-0.25, -0.2) is 14.6 Å². The number of para-hydroxylation sites is 1. The van der Waals surface area contributed by atoms with Crippen LogP contribution in [0.5, 0.6) is 0 Å². The quantitative estimate of drug-likeness (QED) is 0.325. The number of hydrogen-bond acceptors (Lipinski definition) is 7. The number of nitrogens with two attached hydrogens (primary N) is 1. The van der Waals surface area contributed by atoms with Crippen LogP contribution in [-0.2, 0) is 11.2 Å². The summed E-state index contributed by atoms with van der Waals surface area (Å²) < 4.78 is 1.58. The van der Waals surface area contributed by atoms with Gasteiger partial charge in [0.05, 0.1) is 17.1 Å². The minimum atomic E-state index is -0.0856. The first kappa shape index (κ1) is 21.3. The van der Waals surface area contributed by atoms with Crippen LogP contribution < -0.4 is 11.1 Å². The lowest BCUT2D eigenvalue weighted by atomic mass is 10.1. The van der Waals surface area contributed by atoms with Crippen LogP contribution in [0.15, 0.2) is 41.6 Å². The standard InChI is InChI=1S/C21H23N7OS/c1-14-11-15(2)26-21(25-14)30-13-19(29)24-10-6-9-18-17(12-22)20(23)28(27-18)16-7-4-3-5-8-16/h3-5,7-8,11H,6,9-10,13,23H2,1-2H3,(H,24,29). The smallest absolute Gasteiger partial charge is 0.230 e. The van der Waals surface area contributed by atoms with Crippen LogP contribution in [0.3, 0.4) is 0 Å². The number of carbonyl (C=O) groups is 1. The van der Waals surface area contributed by atoms with Crippen molar-refractivity contribution in [2.75, 3.05) is 18.0 Å². The average Bonchev–Trinajstić information content (AvgIpc) is 3.05. The summed E-state index contributed by atoms with van der Waals surface area (Å²) in [5, 5.41) is 17.4. The number of nitriles is 1. The summed E-state index contributed by atoms with van der Waals surface area (Å²) in [6.07, 6.45) is 1.19. The summed E-state index contributed by atoms with van der Waals surface area (Å²) >= 11 is 1.31. The molecule has 0 spiro atoms. The molecule has 0 unspecified atom stereocenters. The van der Waals surface area contributed by atoms with Gasteiger partial charge in [-0.05, 0) is 44.9 Å². The fraction of sp³-hybridized carbons (Fsp3) is 0.286. The molecular formula is C21H23N7OS. The Hall–Kier alpha value is -3.38. The molecular weight excluding hydrogens is 398 g/mol. The first-order chi connectivity index (χ1) is 14.5. The van der Waals surface area contributed by atoms with Crippen molar-refractivity contribution in [3.63, 3.8) is 0 Å². The molecule has 1 aromatic carbocycles. The third-order valence-electron chi connectivity index (χ3n) is 4.31. The maximum absolute atomic E-state index is 12.1. The predicted molar refractivity (Wildman–Crippen MR) is 116 cm³/mol. The number of amides is 1. The largest absolute Gasteiger partial charge is 0.382 e. The van der Waals surface area contributed by atoms with Crippen molar-refractivity contribution < 1.29 is 4.79 Å². The molecule has 3 rings (SSSR count). The van der Waals surface area contributed by atoms with Crippen LogP contribution in [0.2, 0.25) is 0 Å². The Morgan fingerprint density at radius 2 is 1.93 bits per heavy atom. The molecule has 9 heteroatoms. The van der Waals surface area contributed by atoms with Gasteiger partial charge in [-0.3, -0.25) is 4.79 Å². The molecule has 3 N–H and O–H groups in total. The van der Waals surface area contributed by atoms with E-state index in [1.54, 1.807) is 4.68 Å². The minimum absolute atomic E-state index is 0.0856. The lowest BCUT2D eigenvalue weighted by Gasteiger charge is -2.05. The summed E-state index contributed by atoms with van der Waals surface area (Å²) in [6.45, 7) is 4.29. The van der Waals surface area contributed by atoms with Crippen molar-refractivity contribution in [2.24, 2.45) is 0 Å². The number of nitrogens with one attached hydrogen (secondary N) is 1. The van der Waals surface area contributed by atoms with Crippen molar-refractivity contribution in [2.45, 2.75) is 31.8 Å². The molecule has 0 aliphatic rings. The third-order valence-corrected chi connectivity index (χ3v) is 5.16. The number of thioether (sulfide) groups is 1. The lowest BCUT2D eigenvalue weighted by Crippen LogP contribution is -2.26. The molecule has 0 saturated carbocycles. The maximum Gasteiger partial charge on any atom is 0.230 e. The van der Waals surface area contributed by atoms with Crippen LogP contribution in [0.1, 0.15) is 29.1 Å². The van der Waals surface area contributed by atoms with E-state index in [4.69, 9.17) is 5.73 Å². The second-order valence-electron chi connectivity index (χ2n) is 6.74. The van der Waals surface area contributed by atoms with Crippen LogP contribution in [-0.4, -0.2) is 38.0 Å². The highest BCUT2D eigenvalue weighted by atomic mass is 32.2. The van der Waals surface area contributed by atoms with Crippen molar-refractivity contribution in [1.82, 2.24) is 25.1 Å². The highest BCUT2D eigenvalue weighted by molar-refractivity contribution is 7.99. The van der Waals surface area contributed by atoms with E-state index in [-0.39, 0.29) is 11.7 Å². The van der Waals surface area contributed by atoms with Gasteiger partial charge < -0.3 is 11.1 Å². The zero-order chi connectivity index (χ0) is 21.5. The molecule has 3 aromatic rings. The maximum atomic E-state index is 12.1. The fourth-order valence-electron chi connectivity index (χ4n) is 2.96. The second-order valence-corrected chi connectivity index (χ2v) is 7.68. The zero-order valence-corrected chi connectivity index (χ0v) is 17.7. The number of carbonyl (C=O) groups excluding carboxylic acids is 1. The SMILES string of the molecule is Cc1cc(C)nc(SCC(=O)NCCCc2nn(-c3ccccc3)c(N)c2C#N)n1. The highest BCUT2D eigenvalue weighted by Gasteiger charge is 2.16. The van der Waals surface area contributed by atoms with E-state index < -0.39 is 0 Å². The van der Waals surface area contributed by atoms with E-state index in [2.05, 4.69) is 26.5 Å². The molecule has 0 radical (unpaired) electrons. The van der Waals surface area contributed by atoms with E-state index >= 15 is 0 Å². The van der Waals surface area contributed by atoms with Gasteiger partial charge in [0.25, 0.3) is 0 Å². The number of nitrogen functional groups attached to an aromatic ring is 1. The molecule has 1 amide bonds. The molecule has 2 aromatic heterocycles. The molecule has 8 nitrogen and oxygen atoms in total. The monoisotopic (exact) mass is 421 g/mol. The number of nitrogens with zero attached hydrogens (tertiary/aromatic N) is 5. The van der Waals surface area contributed by atoms with Crippen LogP contribution in [0.4, 0.5) is 5.82 Å². The average molecular weight is 422 g/mol. The van der Waals surface area contributed by atoms with E-state index in [1.807, 2.05) is 50.2 Å². The topological polar surface area (TPSA) is 123 Å². The third kappa shape index (κ3) is 5.36. The van der Waals surface area contributed by atoms with Crippen LogP contribution in [0.25, 0.3) is 5.69 Å². The second kappa shape index (κ2) is 9.89. The summed E-state index contributed by atoms with van der Waals surface area (Å²) in [7, 11) is 0. The lowest BCUT2D eigenvalue weighted by molar-refractivity contribution is -0.118. The Morgan fingerprint density at radius 3 is 2.60 bits per heavy atom. The summed E-state index contributed by atoms with van der Waals surface area (Å²) in [6, 6.07) is 13.5. The fourth-order valence-corrected chi connectivity index (χ4v) is 3.74. The van der Waals surface area contributed by atoms with Gasteiger partial charge in [0.15, 0.2) is 5.16 Å². The van der Waals surface area contributed by atoms with Crippen LogP contribution in [0, 0.1) is 25.2 Å². The van der Waals surface area contributed by atoms with Crippen molar-refractivity contribution in [1.29, 1.82) is 5.26 Å². The van der Waals surface area contributed by atoms with Gasteiger partial charge in [0, 0.05) is 17.9 Å². The summed E-state index contributed by atoms with van der Waals surface area (Å²) in [5.41, 5.74) is 9.69. The minimum Gasteiger partial charge on any atom is -0.382 e. The Morgan fingerprint density at radius 1 is 1.23 bits per heavy atom. The summed E-state index contributed by atoms with van der Waals surface area (Å²) in [4.78, 5) is 20.7. The predicted octanol–water partition coefficient (Wildman–Crippen LogP) is 2.57. The first-order valence-electron chi connectivity index (χ1n) is 9.52. The van der Waals surface area contributed by atoms with E-state index in [0.29, 0.717) is 41.6 Å². The molecule has 0 atom stereocenters. The number of rotatable bonds is 8. The van der Waals surface area contributed by atoms with Gasteiger partial charge >= 0.3 is 0 Å². The van der Waals surface area contributed by atoms with Crippen molar-refractivity contribution in [3.8, 4) is 11.8 Å². The van der Waals surface area contributed by atoms with Gasteiger partial charge in [0.1, 0.15) is 17.5 Å². The van der Waals surface area contributed by atoms with Crippen molar-refractivity contribution >= 4 is 23.5 Å². The highest BCUT2D eigenvalue weighted by Crippen LogP contribution is 2.21. The van der Waals surface area contributed by atoms with E-state index in [9.17, 15) is 10.1 Å². The molecule has 2 heterocycles. The molecule has 0 saturated heterocycles. The van der Waals surface area contributed by atoms with Crippen LogP contribution >= 0.6 is 11.8 Å². The number of aromatic nitrogens is 4. The zero-order valence-electron chi connectivity index (χ0n) is 16.9. The molecule has 0 fully saturated rings. The molecule has 0 aliphatic heterocycles. The molecule has 0 aliphatic carbocycles. The number of hydrogen-bond donors (Lipinski definition) is 2. The van der Waals surface area contributed by atoms with Gasteiger partial charge in [-0.15, -0.1) is 0 Å². The first-order valence-corrected chi connectivity index (χ1v) is 10.5. The Balaban J connectivity index is 1.50.